The van der Waals surface area contributed by atoms with Gasteiger partial charge in [0.15, 0.2) is 5.78 Å². The number of piperidine rings is 1. The lowest BCUT2D eigenvalue weighted by Crippen LogP contribution is -2.52. The molecule has 0 unspecified atom stereocenters. The molecule has 0 bridgehead atoms. The number of fused-ring (bicyclic) bond motifs is 1. The summed E-state index contributed by atoms with van der Waals surface area (Å²) in [4.78, 5) is 27.0. The molecule has 0 radical (unpaired) electrons. The smallest absolute Gasteiger partial charge is 0.253 e. The fourth-order valence-electron chi connectivity index (χ4n) is 3.63. The van der Waals surface area contributed by atoms with Crippen molar-refractivity contribution >= 4 is 27.6 Å². The third-order valence-electron chi connectivity index (χ3n) is 5.04. The first-order chi connectivity index (χ1) is 12.1. The van der Waals surface area contributed by atoms with Gasteiger partial charge in [0.1, 0.15) is 11.4 Å². The maximum absolute atomic E-state index is 12.6. The number of benzene rings is 2. The molecular weight excluding hydrogens is 382 g/mol. The first-order valence-electron chi connectivity index (χ1n) is 8.42. The predicted octanol–water partition coefficient (Wildman–Crippen LogP) is 4.09. The molecule has 2 aromatic rings. The molecule has 1 fully saturated rings. The van der Waals surface area contributed by atoms with Crippen LogP contribution >= 0.6 is 15.9 Å². The topological polar surface area (TPSA) is 46.6 Å². The highest BCUT2D eigenvalue weighted by Crippen LogP contribution is 2.40. The van der Waals surface area contributed by atoms with E-state index in [4.69, 9.17) is 4.74 Å². The second-order valence-corrected chi connectivity index (χ2v) is 7.60. The Morgan fingerprint density at radius 3 is 2.52 bits per heavy atom. The van der Waals surface area contributed by atoms with Crippen molar-refractivity contribution in [2.45, 2.75) is 24.9 Å². The molecule has 2 aliphatic rings. The van der Waals surface area contributed by atoms with E-state index in [0.717, 1.165) is 4.47 Å². The SMILES string of the molecule is O=C1CC2(CCN(C(=O)c3ccccc3)CC2)Oc2cc(Br)ccc21. The van der Waals surface area contributed by atoms with Crippen LogP contribution in [0.4, 0.5) is 0 Å². The molecule has 0 aliphatic carbocycles. The van der Waals surface area contributed by atoms with Crippen LogP contribution in [0.15, 0.2) is 53.0 Å². The number of hydrogen-bond acceptors (Lipinski definition) is 3. The van der Waals surface area contributed by atoms with E-state index in [2.05, 4.69) is 15.9 Å². The van der Waals surface area contributed by atoms with Crippen LogP contribution in [-0.4, -0.2) is 35.3 Å². The molecule has 5 heteroatoms. The normalized spacial score (nSPS) is 18.6. The largest absolute Gasteiger partial charge is 0.486 e. The van der Waals surface area contributed by atoms with Crippen LogP contribution in [0.2, 0.25) is 0 Å². The summed E-state index contributed by atoms with van der Waals surface area (Å²) in [5, 5.41) is 0. The van der Waals surface area contributed by atoms with Gasteiger partial charge in [0, 0.05) is 36.0 Å². The molecule has 25 heavy (non-hydrogen) atoms. The van der Waals surface area contributed by atoms with E-state index in [1.165, 1.54) is 0 Å². The summed E-state index contributed by atoms with van der Waals surface area (Å²) < 4.78 is 7.15. The van der Waals surface area contributed by atoms with Gasteiger partial charge in [0.2, 0.25) is 0 Å². The van der Waals surface area contributed by atoms with Crippen LogP contribution in [0.3, 0.4) is 0 Å². The lowest BCUT2D eigenvalue weighted by Gasteiger charge is -2.44. The minimum absolute atomic E-state index is 0.0423. The number of rotatable bonds is 1. The Morgan fingerprint density at radius 1 is 1.08 bits per heavy atom. The maximum Gasteiger partial charge on any atom is 0.253 e. The molecule has 0 atom stereocenters. The van der Waals surface area contributed by atoms with Crippen LogP contribution in [0.5, 0.6) is 5.75 Å². The van der Waals surface area contributed by atoms with Crippen molar-refractivity contribution in [2.75, 3.05) is 13.1 Å². The van der Waals surface area contributed by atoms with Crippen molar-refractivity contribution in [3.05, 3.63) is 64.1 Å². The summed E-state index contributed by atoms with van der Waals surface area (Å²) in [6.45, 7) is 1.20. The lowest BCUT2D eigenvalue weighted by molar-refractivity contribution is -0.00574. The fraction of sp³-hybridized carbons (Fsp3) is 0.300. The highest BCUT2D eigenvalue weighted by Gasteiger charge is 2.43. The van der Waals surface area contributed by atoms with E-state index < -0.39 is 5.60 Å². The summed E-state index contributed by atoms with van der Waals surface area (Å²) in [6, 6.07) is 14.8. The number of Topliss-reactive ketones (excluding diaryl/α,β-unsaturated/α-hetero) is 1. The van der Waals surface area contributed by atoms with Crippen LogP contribution in [0.1, 0.15) is 40.0 Å². The van der Waals surface area contributed by atoms with E-state index in [9.17, 15) is 9.59 Å². The van der Waals surface area contributed by atoms with E-state index in [1.807, 2.05) is 53.4 Å². The van der Waals surface area contributed by atoms with Crippen LogP contribution < -0.4 is 4.74 Å². The van der Waals surface area contributed by atoms with Crippen molar-refractivity contribution in [1.82, 2.24) is 4.90 Å². The molecular formula is C20H18BrNO3. The second kappa shape index (κ2) is 6.30. The predicted molar refractivity (Wildman–Crippen MR) is 98.0 cm³/mol. The van der Waals surface area contributed by atoms with E-state index in [0.29, 0.717) is 49.2 Å². The van der Waals surface area contributed by atoms with Crippen molar-refractivity contribution in [2.24, 2.45) is 0 Å². The average Bonchev–Trinajstić information content (AvgIpc) is 2.62. The van der Waals surface area contributed by atoms with Gasteiger partial charge in [0.25, 0.3) is 5.91 Å². The van der Waals surface area contributed by atoms with E-state index >= 15 is 0 Å². The number of ketones is 1. The molecule has 4 nitrogen and oxygen atoms in total. The summed E-state index contributed by atoms with van der Waals surface area (Å²) in [7, 11) is 0. The number of ether oxygens (including phenoxy) is 1. The Morgan fingerprint density at radius 2 is 1.80 bits per heavy atom. The standard InChI is InChI=1S/C20H18BrNO3/c21-15-6-7-16-17(23)13-20(25-18(16)12-15)8-10-22(11-9-20)19(24)14-4-2-1-3-5-14/h1-7,12H,8-11,13H2. The van der Waals surface area contributed by atoms with Gasteiger partial charge in [-0.1, -0.05) is 34.1 Å². The molecule has 1 amide bonds. The van der Waals surface area contributed by atoms with E-state index in [-0.39, 0.29) is 11.7 Å². The van der Waals surface area contributed by atoms with Gasteiger partial charge in [-0.15, -0.1) is 0 Å². The lowest BCUT2D eigenvalue weighted by atomic mass is 9.82. The van der Waals surface area contributed by atoms with Crippen molar-refractivity contribution < 1.29 is 14.3 Å². The number of hydrogen-bond donors (Lipinski definition) is 0. The third kappa shape index (κ3) is 3.09. The number of likely N-dealkylation sites (tertiary alicyclic amines) is 1. The van der Waals surface area contributed by atoms with Crippen LogP contribution in [-0.2, 0) is 0 Å². The third-order valence-corrected chi connectivity index (χ3v) is 5.53. The summed E-state index contributed by atoms with van der Waals surface area (Å²) in [5.74, 6) is 0.811. The quantitative estimate of drug-likeness (QED) is 0.725. The van der Waals surface area contributed by atoms with Crippen LogP contribution in [0, 0.1) is 0 Å². The Bertz CT molecular complexity index is 826. The van der Waals surface area contributed by atoms with Gasteiger partial charge in [0.05, 0.1) is 12.0 Å². The zero-order valence-electron chi connectivity index (χ0n) is 13.7. The number of carbonyl (C=O) groups excluding carboxylic acids is 2. The molecule has 1 spiro atoms. The number of nitrogens with zero attached hydrogens (tertiary/aromatic N) is 1. The summed E-state index contributed by atoms with van der Waals surface area (Å²) in [6.07, 6.45) is 1.72. The molecule has 2 aromatic carbocycles. The number of carbonyl (C=O) groups is 2. The number of amides is 1. The maximum atomic E-state index is 12.6. The Balaban J connectivity index is 1.50. The first kappa shape index (κ1) is 16.3. The Kier molecular flexibility index (Phi) is 4.12. The molecule has 0 N–H and O–H groups in total. The number of halogens is 1. The van der Waals surface area contributed by atoms with Gasteiger partial charge in [-0.2, -0.15) is 0 Å². The highest BCUT2D eigenvalue weighted by atomic mass is 79.9. The van der Waals surface area contributed by atoms with Crippen molar-refractivity contribution in [3.8, 4) is 5.75 Å². The van der Waals surface area contributed by atoms with Crippen molar-refractivity contribution in [3.63, 3.8) is 0 Å². The molecule has 1 saturated heterocycles. The zero-order chi connectivity index (χ0) is 17.4. The van der Waals surface area contributed by atoms with Crippen molar-refractivity contribution in [1.29, 1.82) is 0 Å². The zero-order valence-corrected chi connectivity index (χ0v) is 15.3. The molecule has 128 valence electrons. The first-order valence-corrected chi connectivity index (χ1v) is 9.22. The molecule has 0 saturated carbocycles. The van der Waals surface area contributed by atoms with Gasteiger partial charge in [-0.3, -0.25) is 9.59 Å². The summed E-state index contributed by atoms with van der Waals surface area (Å²) >= 11 is 3.43. The van der Waals surface area contributed by atoms with E-state index in [1.54, 1.807) is 0 Å². The Hall–Kier alpha value is -2.14. The summed E-state index contributed by atoms with van der Waals surface area (Å²) in [5.41, 5.74) is 0.864. The van der Waals surface area contributed by atoms with Gasteiger partial charge in [-0.25, -0.2) is 0 Å². The molecule has 2 heterocycles. The minimum atomic E-state index is -0.488. The van der Waals surface area contributed by atoms with Gasteiger partial charge >= 0.3 is 0 Å². The van der Waals surface area contributed by atoms with Gasteiger partial charge in [-0.05, 0) is 30.3 Å². The van der Waals surface area contributed by atoms with Crippen LogP contribution in [0.25, 0.3) is 0 Å². The molecule has 2 aliphatic heterocycles. The molecule has 0 aromatic heterocycles. The second-order valence-electron chi connectivity index (χ2n) is 6.68. The average molecular weight is 400 g/mol. The monoisotopic (exact) mass is 399 g/mol. The Labute approximate surface area is 154 Å². The minimum Gasteiger partial charge on any atom is -0.486 e. The molecule has 4 rings (SSSR count). The highest BCUT2D eigenvalue weighted by molar-refractivity contribution is 9.10. The van der Waals surface area contributed by atoms with Gasteiger partial charge < -0.3 is 9.64 Å². The fourth-order valence-corrected chi connectivity index (χ4v) is 3.97.